The van der Waals surface area contributed by atoms with Crippen molar-refractivity contribution in [3.8, 4) is 0 Å². The molecule has 0 aromatic carbocycles. The Morgan fingerprint density at radius 1 is 1.27 bits per heavy atom. The average Bonchev–Trinajstić information content (AvgIpc) is 2.35. The van der Waals surface area contributed by atoms with Crippen LogP contribution in [0.3, 0.4) is 0 Å². The van der Waals surface area contributed by atoms with E-state index < -0.39 is 0 Å². The SMILES string of the molecule is CC1(C)CCC(OCCC2CCC2)C1O. The largest absolute Gasteiger partial charge is 0.390 e. The van der Waals surface area contributed by atoms with Gasteiger partial charge in [-0.2, -0.15) is 0 Å². The zero-order valence-corrected chi connectivity index (χ0v) is 10.0. The fourth-order valence-corrected chi connectivity index (χ4v) is 2.67. The van der Waals surface area contributed by atoms with Crippen LogP contribution in [0.2, 0.25) is 0 Å². The van der Waals surface area contributed by atoms with Gasteiger partial charge in [-0.1, -0.05) is 33.1 Å². The van der Waals surface area contributed by atoms with Crippen LogP contribution in [0.25, 0.3) is 0 Å². The van der Waals surface area contributed by atoms with Gasteiger partial charge in [0.25, 0.3) is 0 Å². The van der Waals surface area contributed by atoms with Crippen molar-refractivity contribution in [3.05, 3.63) is 0 Å². The molecular weight excluding hydrogens is 188 g/mol. The molecule has 0 bridgehead atoms. The predicted molar refractivity (Wildman–Crippen MR) is 60.7 cm³/mol. The number of aliphatic hydroxyl groups excluding tert-OH is 1. The third kappa shape index (κ3) is 2.54. The van der Waals surface area contributed by atoms with E-state index >= 15 is 0 Å². The fourth-order valence-electron chi connectivity index (χ4n) is 2.67. The molecule has 2 aliphatic carbocycles. The first-order chi connectivity index (χ1) is 7.09. The van der Waals surface area contributed by atoms with E-state index in [9.17, 15) is 5.11 Å². The van der Waals surface area contributed by atoms with E-state index in [0.717, 1.165) is 25.4 Å². The lowest BCUT2D eigenvalue weighted by atomic mass is 9.83. The van der Waals surface area contributed by atoms with E-state index in [-0.39, 0.29) is 17.6 Å². The molecule has 2 saturated carbocycles. The van der Waals surface area contributed by atoms with Crippen LogP contribution in [0, 0.1) is 11.3 Å². The van der Waals surface area contributed by atoms with Gasteiger partial charge in [-0.05, 0) is 30.6 Å². The van der Waals surface area contributed by atoms with Crippen LogP contribution >= 0.6 is 0 Å². The van der Waals surface area contributed by atoms with Gasteiger partial charge in [0.05, 0.1) is 12.2 Å². The summed E-state index contributed by atoms with van der Waals surface area (Å²) in [6.45, 7) is 5.11. The monoisotopic (exact) mass is 212 g/mol. The first-order valence-electron chi connectivity index (χ1n) is 6.39. The number of hydrogen-bond acceptors (Lipinski definition) is 2. The molecule has 0 aliphatic heterocycles. The topological polar surface area (TPSA) is 29.5 Å². The second-order valence-corrected chi connectivity index (χ2v) is 5.97. The zero-order chi connectivity index (χ0) is 10.9. The first-order valence-corrected chi connectivity index (χ1v) is 6.39. The maximum absolute atomic E-state index is 10.0. The van der Waals surface area contributed by atoms with Crippen molar-refractivity contribution in [3.63, 3.8) is 0 Å². The van der Waals surface area contributed by atoms with E-state index in [2.05, 4.69) is 13.8 Å². The normalized spacial score (nSPS) is 35.4. The summed E-state index contributed by atoms with van der Waals surface area (Å²) in [4.78, 5) is 0. The molecular formula is C13H24O2. The summed E-state index contributed by atoms with van der Waals surface area (Å²) >= 11 is 0. The number of hydrogen-bond donors (Lipinski definition) is 1. The molecule has 0 spiro atoms. The molecule has 0 heterocycles. The Balaban J connectivity index is 1.66. The molecule has 0 aromatic rings. The molecule has 1 N–H and O–H groups in total. The summed E-state index contributed by atoms with van der Waals surface area (Å²) in [5, 5.41) is 10.0. The van der Waals surface area contributed by atoms with Crippen LogP contribution in [0.1, 0.15) is 52.4 Å². The minimum absolute atomic E-state index is 0.0567. The van der Waals surface area contributed by atoms with E-state index in [1.165, 1.54) is 25.7 Å². The lowest BCUT2D eigenvalue weighted by Gasteiger charge is -2.28. The first kappa shape index (κ1) is 11.4. The smallest absolute Gasteiger partial charge is 0.0852 e. The quantitative estimate of drug-likeness (QED) is 0.776. The maximum Gasteiger partial charge on any atom is 0.0852 e. The Bertz CT molecular complexity index is 209. The Hall–Kier alpha value is -0.0800. The maximum atomic E-state index is 10.0. The van der Waals surface area contributed by atoms with Gasteiger partial charge < -0.3 is 9.84 Å². The minimum atomic E-state index is -0.265. The van der Waals surface area contributed by atoms with Gasteiger partial charge in [-0.25, -0.2) is 0 Å². The summed E-state index contributed by atoms with van der Waals surface area (Å²) in [6.07, 6.45) is 7.33. The van der Waals surface area contributed by atoms with E-state index in [1.807, 2.05) is 0 Å². The van der Waals surface area contributed by atoms with Crippen LogP contribution in [0.15, 0.2) is 0 Å². The van der Waals surface area contributed by atoms with Gasteiger partial charge in [-0.3, -0.25) is 0 Å². The van der Waals surface area contributed by atoms with E-state index in [4.69, 9.17) is 4.74 Å². The highest BCUT2D eigenvalue weighted by Gasteiger charge is 2.41. The molecule has 15 heavy (non-hydrogen) atoms. The van der Waals surface area contributed by atoms with Crippen LogP contribution in [-0.2, 0) is 4.74 Å². The van der Waals surface area contributed by atoms with E-state index in [1.54, 1.807) is 0 Å². The number of ether oxygens (including phenoxy) is 1. The minimum Gasteiger partial charge on any atom is -0.390 e. The van der Waals surface area contributed by atoms with Gasteiger partial charge in [0, 0.05) is 6.61 Å². The molecule has 0 saturated heterocycles. The van der Waals surface area contributed by atoms with Crippen LogP contribution < -0.4 is 0 Å². The Morgan fingerprint density at radius 2 is 2.00 bits per heavy atom. The summed E-state index contributed by atoms with van der Waals surface area (Å²) in [6, 6.07) is 0. The Labute approximate surface area is 93.0 Å². The van der Waals surface area contributed by atoms with Crippen LogP contribution in [-0.4, -0.2) is 23.9 Å². The highest BCUT2D eigenvalue weighted by Crippen LogP contribution is 2.39. The summed E-state index contributed by atoms with van der Waals surface area (Å²) in [5.41, 5.74) is 0.0567. The van der Waals surface area contributed by atoms with Crippen molar-refractivity contribution in [2.24, 2.45) is 11.3 Å². The lowest BCUT2D eigenvalue weighted by molar-refractivity contribution is -0.0543. The molecule has 2 nitrogen and oxygen atoms in total. The van der Waals surface area contributed by atoms with Gasteiger partial charge >= 0.3 is 0 Å². The third-order valence-electron chi connectivity index (χ3n) is 4.31. The highest BCUT2D eigenvalue weighted by molar-refractivity contribution is 4.91. The molecule has 2 atom stereocenters. The molecule has 2 fully saturated rings. The summed E-state index contributed by atoms with van der Waals surface area (Å²) < 4.78 is 5.81. The molecule has 2 aliphatic rings. The Morgan fingerprint density at radius 3 is 2.47 bits per heavy atom. The van der Waals surface area contributed by atoms with Crippen molar-refractivity contribution in [2.45, 2.75) is 64.6 Å². The molecule has 2 rings (SSSR count). The van der Waals surface area contributed by atoms with Gasteiger partial charge in [-0.15, -0.1) is 0 Å². The molecule has 0 radical (unpaired) electrons. The van der Waals surface area contributed by atoms with Crippen molar-refractivity contribution in [2.75, 3.05) is 6.61 Å². The molecule has 2 unspecified atom stereocenters. The van der Waals surface area contributed by atoms with Crippen LogP contribution in [0.5, 0.6) is 0 Å². The van der Waals surface area contributed by atoms with Gasteiger partial charge in [0.15, 0.2) is 0 Å². The second-order valence-electron chi connectivity index (χ2n) is 5.97. The zero-order valence-electron chi connectivity index (χ0n) is 10.0. The van der Waals surface area contributed by atoms with Crippen LogP contribution in [0.4, 0.5) is 0 Å². The molecule has 88 valence electrons. The average molecular weight is 212 g/mol. The van der Waals surface area contributed by atoms with Crippen molar-refractivity contribution in [1.29, 1.82) is 0 Å². The predicted octanol–water partition coefficient (Wildman–Crippen LogP) is 2.74. The summed E-state index contributed by atoms with van der Waals surface area (Å²) in [5.74, 6) is 0.913. The third-order valence-corrected chi connectivity index (χ3v) is 4.31. The Kier molecular flexibility index (Phi) is 3.36. The van der Waals surface area contributed by atoms with E-state index in [0.29, 0.717) is 0 Å². The molecule has 0 amide bonds. The van der Waals surface area contributed by atoms with Crippen molar-refractivity contribution >= 4 is 0 Å². The second kappa shape index (κ2) is 4.42. The lowest BCUT2D eigenvalue weighted by Crippen LogP contribution is -2.33. The molecule has 2 heteroatoms. The highest BCUT2D eigenvalue weighted by atomic mass is 16.5. The number of aliphatic hydroxyl groups is 1. The standard InChI is InChI=1S/C13H24O2/c1-13(2)8-6-11(12(13)14)15-9-7-10-4-3-5-10/h10-12,14H,3-9H2,1-2H3. The fraction of sp³-hybridized carbons (Fsp3) is 1.00. The molecule has 0 aromatic heterocycles. The van der Waals surface area contributed by atoms with Crippen molar-refractivity contribution < 1.29 is 9.84 Å². The summed E-state index contributed by atoms with van der Waals surface area (Å²) in [7, 11) is 0. The van der Waals surface area contributed by atoms with Gasteiger partial charge in [0.1, 0.15) is 0 Å². The van der Waals surface area contributed by atoms with Gasteiger partial charge in [0.2, 0.25) is 0 Å². The number of rotatable bonds is 4. The van der Waals surface area contributed by atoms with Crippen molar-refractivity contribution in [1.82, 2.24) is 0 Å².